The van der Waals surface area contributed by atoms with Gasteiger partial charge < -0.3 is 9.47 Å². The van der Waals surface area contributed by atoms with Crippen LogP contribution in [-0.4, -0.2) is 34.9 Å². The third-order valence-electron chi connectivity index (χ3n) is 3.07. The van der Waals surface area contributed by atoms with Crippen LogP contribution < -0.4 is 14.2 Å². The van der Waals surface area contributed by atoms with Gasteiger partial charge in [0.1, 0.15) is 18.1 Å². The summed E-state index contributed by atoms with van der Waals surface area (Å²) in [5, 5.41) is 0. The first-order valence-electron chi connectivity index (χ1n) is 6.96. The van der Waals surface area contributed by atoms with Gasteiger partial charge in [0.2, 0.25) is 10.0 Å². The normalized spacial score (nSPS) is 11.2. The Balaban J connectivity index is 1.86. The van der Waals surface area contributed by atoms with Gasteiger partial charge in [-0.1, -0.05) is 6.07 Å². The molecule has 23 heavy (non-hydrogen) atoms. The summed E-state index contributed by atoms with van der Waals surface area (Å²) in [7, 11) is -1.94. The lowest BCUT2D eigenvalue weighted by molar-refractivity contribution is 0.320. The molecule has 0 heterocycles. The lowest BCUT2D eigenvalue weighted by Gasteiger charge is -2.09. The first kappa shape index (κ1) is 17.7. The van der Waals surface area contributed by atoms with Gasteiger partial charge in [-0.15, -0.1) is 11.8 Å². The van der Waals surface area contributed by atoms with E-state index in [0.29, 0.717) is 11.5 Å². The topological polar surface area (TPSA) is 64.6 Å². The van der Waals surface area contributed by atoms with Gasteiger partial charge in [0.15, 0.2) is 0 Å². The highest BCUT2D eigenvalue weighted by Crippen LogP contribution is 2.19. The van der Waals surface area contributed by atoms with E-state index in [9.17, 15) is 8.42 Å². The molecule has 0 saturated heterocycles. The lowest BCUT2D eigenvalue weighted by atomic mass is 10.3. The summed E-state index contributed by atoms with van der Waals surface area (Å²) in [6, 6.07) is 13.9. The van der Waals surface area contributed by atoms with Crippen molar-refractivity contribution < 1.29 is 17.9 Å². The van der Waals surface area contributed by atoms with Crippen LogP contribution in [0.25, 0.3) is 0 Å². The molecular weight excluding hydrogens is 334 g/mol. The van der Waals surface area contributed by atoms with E-state index < -0.39 is 10.0 Å². The highest BCUT2D eigenvalue weighted by Gasteiger charge is 2.13. The van der Waals surface area contributed by atoms with Gasteiger partial charge in [-0.05, 0) is 42.7 Å². The molecule has 0 unspecified atom stereocenters. The van der Waals surface area contributed by atoms with Crippen LogP contribution >= 0.6 is 11.8 Å². The van der Waals surface area contributed by atoms with Crippen LogP contribution in [0.15, 0.2) is 58.3 Å². The highest BCUT2D eigenvalue weighted by molar-refractivity contribution is 7.98. The first-order chi connectivity index (χ1) is 11.0. The predicted octanol–water partition coefficient (Wildman–Crippen LogP) is 2.77. The van der Waals surface area contributed by atoms with E-state index >= 15 is 0 Å². The monoisotopic (exact) mass is 353 g/mol. The first-order valence-corrected chi connectivity index (χ1v) is 9.66. The van der Waals surface area contributed by atoms with Crippen LogP contribution in [0.1, 0.15) is 0 Å². The van der Waals surface area contributed by atoms with Gasteiger partial charge in [0.25, 0.3) is 0 Å². The van der Waals surface area contributed by atoms with Crippen molar-refractivity contribution in [2.75, 3.05) is 26.5 Å². The Hall–Kier alpha value is -1.70. The second kappa shape index (κ2) is 8.24. The van der Waals surface area contributed by atoms with Crippen LogP contribution in [0, 0.1) is 0 Å². The molecule has 0 spiro atoms. The SMILES string of the molecule is COc1cccc(OCCNS(=O)(=O)c2ccc(SC)cc2)c1. The van der Waals surface area contributed by atoms with Gasteiger partial charge >= 0.3 is 0 Å². The van der Waals surface area contributed by atoms with E-state index in [4.69, 9.17) is 9.47 Å². The highest BCUT2D eigenvalue weighted by atomic mass is 32.2. The Bertz CT molecular complexity index is 730. The number of hydrogen-bond donors (Lipinski definition) is 1. The van der Waals surface area contributed by atoms with E-state index in [1.54, 1.807) is 55.3 Å². The second-order valence-corrected chi connectivity index (χ2v) is 7.25. The molecule has 0 saturated carbocycles. The Kier molecular flexibility index (Phi) is 6.32. The average molecular weight is 353 g/mol. The number of thioether (sulfide) groups is 1. The summed E-state index contributed by atoms with van der Waals surface area (Å²) in [5.41, 5.74) is 0. The predicted molar refractivity (Wildman–Crippen MR) is 91.9 cm³/mol. The van der Waals surface area contributed by atoms with Gasteiger partial charge in [-0.25, -0.2) is 13.1 Å². The number of sulfonamides is 1. The Labute approximate surface area is 141 Å². The summed E-state index contributed by atoms with van der Waals surface area (Å²) >= 11 is 1.56. The zero-order chi connectivity index (χ0) is 16.7. The molecular formula is C16H19NO4S2. The number of rotatable bonds is 8. The minimum atomic E-state index is -3.52. The van der Waals surface area contributed by atoms with Crippen LogP contribution in [0.4, 0.5) is 0 Å². The number of ether oxygens (including phenoxy) is 2. The molecule has 0 aliphatic heterocycles. The average Bonchev–Trinajstić information content (AvgIpc) is 2.59. The van der Waals surface area contributed by atoms with Crippen molar-refractivity contribution in [3.8, 4) is 11.5 Å². The van der Waals surface area contributed by atoms with Crippen LogP contribution in [0.5, 0.6) is 11.5 Å². The summed E-state index contributed by atoms with van der Waals surface area (Å²) < 4.78 is 37.4. The number of methoxy groups -OCH3 is 1. The minimum absolute atomic E-state index is 0.184. The molecule has 124 valence electrons. The largest absolute Gasteiger partial charge is 0.497 e. The number of nitrogens with one attached hydrogen (secondary N) is 1. The van der Waals surface area contributed by atoms with Crippen molar-refractivity contribution in [3.05, 3.63) is 48.5 Å². The molecule has 2 aromatic carbocycles. The van der Waals surface area contributed by atoms with Crippen LogP contribution in [0.2, 0.25) is 0 Å². The zero-order valence-corrected chi connectivity index (χ0v) is 14.6. The van der Waals surface area contributed by atoms with Gasteiger partial charge in [-0.2, -0.15) is 0 Å². The van der Waals surface area contributed by atoms with Crippen molar-refractivity contribution in [3.63, 3.8) is 0 Å². The number of hydrogen-bond acceptors (Lipinski definition) is 5. The molecule has 0 atom stereocenters. The molecule has 0 aliphatic carbocycles. The van der Waals surface area contributed by atoms with Crippen LogP contribution in [0.3, 0.4) is 0 Å². The third kappa shape index (κ3) is 5.16. The fourth-order valence-electron chi connectivity index (χ4n) is 1.87. The van der Waals surface area contributed by atoms with Crippen molar-refractivity contribution in [2.24, 2.45) is 0 Å². The van der Waals surface area contributed by atoms with Crippen LogP contribution in [-0.2, 0) is 10.0 Å². The summed E-state index contributed by atoms with van der Waals surface area (Å²) in [6.45, 7) is 0.416. The van der Waals surface area contributed by atoms with Crippen molar-refractivity contribution in [2.45, 2.75) is 9.79 Å². The molecule has 2 rings (SSSR count). The fourth-order valence-corrected chi connectivity index (χ4v) is 3.30. The minimum Gasteiger partial charge on any atom is -0.497 e. The molecule has 0 aromatic heterocycles. The Morgan fingerprint density at radius 3 is 2.43 bits per heavy atom. The maximum absolute atomic E-state index is 12.2. The zero-order valence-electron chi connectivity index (χ0n) is 13.0. The van der Waals surface area contributed by atoms with E-state index in [1.807, 2.05) is 18.4 Å². The summed E-state index contributed by atoms with van der Waals surface area (Å²) in [5.74, 6) is 1.32. The molecule has 0 amide bonds. The molecule has 5 nitrogen and oxygen atoms in total. The van der Waals surface area contributed by atoms with E-state index in [1.165, 1.54) is 0 Å². The third-order valence-corrected chi connectivity index (χ3v) is 5.29. The maximum Gasteiger partial charge on any atom is 0.240 e. The standard InChI is InChI=1S/C16H19NO4S2/c1-20-13-4-3-5-14(12-13)21-11-10-17-23(18,19)16-8-6-15(22-2)7-9-16/h3-9,12,17H,10-11H2,1-2H3. The molecule has 2 aromatic rings. The van der Waals surface area contributed by atoms with E-state index in [2.05, 4.69) is 4.72 Å². The summed E-state index contributed by atoms with van der Waals surface area (Å²) in [6.07, 6.45) is 1.94. The van der Waals surface area contributed by atoms with Crippen molar-refractivity contribution >= 4 is 21.8 Å². The van der Waals surface area contributed by atoms with Gasteiger partial charge in [0, 0.05) is 17.5 Å². The summed E-state index contributed by atoms with van der Waals surface area (Å²) in [4.78, 5) is 1.27. The molecule has 7 heteroatoms. The lowest BCUT2D eigenvalue weighted by Crippen LogP contribution is -2.28. The molecule has 0 aliphatic rings. The second-order valence-electron chi connectivity index (χ2n) is 4.60. The quantitative estimate of drug-likeness (QED) is 0.584. The molecule has 0 fully saturated rings. The Morgan fingerprint density at radius 2 is 1.78 bits per heavy atom. The molecule has 1 N–H and O–H groups in total. The fraction of sp³-hybridized carbons (Fsp3) is 0.250. The molecule has 0 bridgehead atoms. The van der Waals surface area contributed by atoms with Gasteiger partial charge in [-0.3, -0.25) is 0 Å². The Morgan fingerprint density at radius 1 is 1.09 bits per heavy atom. The van der Waals surface area contributed by atoms with E-state index in [-0.39, 0.29) is 18.0 Å². The molecule has 0 radical (unpaired) electrons. The van der Waals surface area contributed by atoms with Crippen molar-refractivity contribution in [1.29, 1.82) is 0 Å². The smallest absolute Gasteiger partial charge is 0.240 e. The number of benzene rings is 2. The van der Waals surface area contributed by atoms with Gasteiger partial charge in [0.05, 0.1) is 12.0 Å². The van der Waals surface area contributed by atoms with E-state index in [0.717, 1.165) is 4.90 Å². The maximum atomic E-state index is 12.2. The van der Waals surface area contributed by atoms with Crippen molar-refractivity contribution in [1.82, 2.24) is 4.72 Å².